The van der Waals surface area contributed by atoms with E-state index in [2.05, 4.69) is 46.7 Å². The fraction of sp³-hybridized carbons (Fsp3) is 0.500. The molecule has 0 fully saturated rings. The minimum Gasteiger partial charge on any atom is -0.306 e. The van der Waals surface area contributed by atoms with Crippen molar-refractivity contribution in [2.45, 2.75) is 39.7 Å². The highest BCUT2D eigenvalue weighted by Gasteiger charge is 2.22. The molecule has 102 valence electrons. The third kappa shape index (κ3) is 3.16. The molecule has 0 aliphatic carbocycles. The lowest BCUT2D eigenvalue weighted by Gasteiger charge is -2.18. The Morgan fingerprint density at radius 1 is 1.32 bits per heavy atom. The van der Waals surface area contributed by atoms with Crippen molar-refractivity contribution in [2.75, 3.05) is 6.54 Å². The summed E-state index contributed by atoms with van der Waals surface area (Å²) in [6, 6.07) is 4.30. The lowest BCUT2D eigenvalue weighted by Crippen LogP contribution is -2.22. The zero-order chi connectivity index (χ0) is 13.8. The molecule has 2 aromatic rings. The zero-order valence-corrected chi connectivity index (χ0v) is 12.7. The maximum Gasteiger partial charge on any atom is 0.0832 e. The molecule has 0 bridgehead atoms. The van der Waals surface area contributed by atoms with Gasteiger partial charge in [-0.15, -0.1) is 5.10 Å². The van der Waals surface area contributed by atoms with Crippen LogP contribution in [0.2, 0.25) is 0 Å². The van der Waals surface area contributed by atoms with Gasteiger partial charge >= 0.3 is 0 Å². The summed E-state index contributed by atoms with van der Waals surface area (Å²) < 4.78 is 4.12. The molecule has 0 aliphatic heterocycles. The highest BCUT2D eigenvalue weighted by Crippen LogP contribution is 2.30. The van der Waals surface area contributed by atoms with Crippen molar-refractivity contribution in [1.29, 1.82) is 0 Å². The van der Waals surface area contributed by atoms with Crippen LogP contribution in [0.5, 0.6) is 0 Å². The number of hydrogen-bond donors (Lipinski definition) is 1. The van der Waals surface area contributed by atoms with Crippen LogP contribution >= 0.6 is 11.5 Å². The Kier molecular flexibility index (Phi) is 4.61. The normalized spacial score (nSPS) is 12.9. The van der Waals surface area contributed by atoms with Gasteiger partial charge in [-0.3, -0.25) is 4.98 Å². The molecule has 1 N–H and O–H groups in total. The van der Waals surface area contributed by atoms with Crippen LogP contribution in [0.3, 0.4) is 0 Å². The first kappa shape index (κ1) is 14.1. The Morgan fingerprint density at radius 2 is 2.11 bits per heavy atom. The quantitative estimate of drug-likeness (QED) is 0.912. The summed E-state index contributed by atoms with van der Waals surface area (Å²) in [6.45, 7) is 9.30. The molecule has 0 aromatic carbocycles. The molecule has 2 aromatic heterocycles. The van der Waals surface area contributed by atoms with Gasteiger partial charge in [0.05, 0.1) is 16.6 Å². The number of hydrogen-bond acceptors (Lipinski definition) is 5. The molecule has 0 radical (unpaired) electrons. The first-order chi connectivity index (χ1) is 9.13. The summed E-state index contributed by atoms with van der Waals surface area (Å²) in [4.78, 5) is 5.59. The lowest BCUT2D eigenvalue weighted by atomic mass is 10.0. The zero-order valence-electron chi connectivity index (χ0n) is 11.8. The van der Waals surface area contributed by atoms with Gasteiger partial charge in [0.15, 0.2) is 0 Å². The molecule has 19 heavy (non-hydrogen) atoms. The number of aromatic nitrogens is 3. The first-order valence-electron chi connectivity index (χ1n) is 6.61. The topological polar surface area (TPSA) is 50.7 Å². The largest absolute Gasteiger partial charge is 0.306 e. The summed E-state index contributed by atoms with van der Waals surface area (Å²) in [5.74, 6) is 0.383. The summed E-state index contributed by atoms with van der Waals surface area (Å²) in [5, 5.41) is 7.78. The molecule has 2 rings (SSSR count). The summed E-state index contributed by atoms with van der Waals surface area (Å²) in [5.41, 5.74) is 3.28. The molecule has 0 amide bonds. The average Bonchev–Trinajstić information content (AvgIpc) is 2.86. The predicted octanol–water partition coefficient (Wildman–Crippen LogP) is 3.06. The number of nitrogens with zero attached hydrogens (tertiary/aromatic N) is 3. The molecule has 2 heterocycles. The Hall–Kier alpha value is -1.33. The van der Waals surface area contributed by atoms with E-state index >= 15 is 0 Å². The van der Waals surface area contributed by atoms with Crippen molar-refractivity contribution in [1.82, 2.24) is 19.9 Å². The lowest BCUT2D eigenvalue weighted by molar-refractivity contribution is 0.624. The Balaban J connectivity index is 2.39. The van der Waals surface area contributed by atoms with Gasteiger partial charge < -0.3 is 5.32 Å². The predicted molar refractivity (Wildman–Crippen MR) is 78.5 cm³/mol. The SMILES string of the molecule is CCNC(c1ccc(C)nc1)c1snnc1C(C)C. The maximum atomic E-state index is 4.39. The monoisotopic (exact) mass is 276 g/mol. The van der Waals surface area contributed by atoms with Gasteiger partial charge in [-0.05, 0) is 42.5 Å². The van der Waals surface area contributed by atoms with E-state index in [0.717, 1.165) is 17.9 Å². The molecule has 0 saturated carbocycles. The molecule has 4 nitrogen and oxygen atoms in total. The average molecular weight is 276 g/mol. The van der Waals surface area contributed by atoms with Gasteiger partial charge in [0.1, 0.15) is 0 Å². The van der Waals surface area contributed by atoms with Crippen molar-refractivity contribution in [2.24, 2.45) is 0 Å². The van der Waals surface area contributed by atoms with Crippen molar-refractivity contribution >= 4 is 11.5 Å². The molecule has 0 aliphatic rings. The second-order valence-electron chi connectivity index (χ2n) is 4.90. The van der Waals surface area contributed by atoms with Crippen LogP contribution in [0.15, 0.2) is 18.3 Å². The third-order valence-corrected chi connectivity index (χ3v) is 3.83. The van der Waals surface area contributed by atoms with Crippen molar-refractivity contribution in [3.8, 4) is 0 Å². The highest BCUT2D eigenvalue weighted by molar-refractivity contribution is 7.05. The maximum absolute atomic E-state index is 4.39. The first-order valence-corrected chi connectivity index (χ1v) is 7.38. The van der Waals surface area contributed by atoms with E-state index in [1.54, 1.807) is 0 Å². The van der Waals surface area contributed by atoms with Gasteiger partial charge in [-0.25, -0.2) is 0 Å². The Labute approximate surface area is 118 Å². The van der Waals surface area contributed by atoms with E-state index in [9.17, 15) is 0 Å². The highest BCUT2D eigenvalue weighted by atomic mass is 32.1. The molecule has 0 saturated heterocycles. The van der Waals surface area contributed by atoms with Gasteiger partial charge in [-0.1, -0.05) is 31.3 Å². The van der Waals surface area contributed by atoms with Crippen LogP contribution in [0, 0.1) is 6.92 Å². The van der Waals surface area contributed by atoms with Gasteiger partial charge in [0, 0.05) is 11.9 Å². The van der Waals surface area contributed by atoms with E-state index in [-0.39, 0.29) is 6.04 Å². The molecule has 0 spiro atoms. The van der Waals surface area contributed by atoms with Crippen LogP contribution in [0.4, 0.5) is 0 Å². The van der Waals surface area contributed by atoms with E-state index in [1.165, 1.54) is 22.0 Å². The van der Waals surface area contributed by atoms with E-state index in [0.29, 0.717) is 5.92 Å². The van der Waals surface area contributed by atoms with E-state index < -0.39 is 0 Å². The van der Waals surface area contributed by atoms with Gasteiger partial charge in [-0.2, -0.15) is 0 Å². The van der Waals surface area contributed by atoms with Crippen LogP contribution in [0.1, 0.15) is 54.6 Å². The summed E-state index contributed by atoms with van der Waals surface area (Å²) in [6.07, 6.45) is 1.94. The molecular weight excluding hydrogens is 256 g/mol. The summed E-state index contributed by atoms with van der Waals surface area (Å²) in [7, 11) is 0. The minimum absolute atomic E-state index is 0.135. The van der Waals surface area contributed by atoms with Crippen molar-refractivity contribution < 1.29 is 0 Å². The number of pyridine rings is 1. The number of aryl methyl sites for hydroxylation is 1. The third-order valence-electron chi connectivity index (χ3n) is 3.03. The fourth-order valence-electron chi connectivity index (χ4n) is 2.02. The van der Waals surface area contributed by atoms with E-state index in [1.807, 2.05) is 19.2 Å². The molecule has 1 atom stereocenters. The van der Waals surface area contributed by atoms with Crippen molar-refractivity contribution in [3.05, 3.63) is 40.2 Å². The van der Waals surface area contributed by atoms with Gasteiger partial charge in [0.2, 0.25) is 0 Å². The van der Waals surface area contributed by atoms with Gasteiger partial charge in [0.25, 0.3) is 0 Å². The molecular formula is C14H20N4S. The van der Waals surface area contributed by atoms with Crippen LogP contribution in [0.25, 0.3) is 0 Å². The second-order valence-corrected chi connectivity index (χ2v) is 5.69. The number of nitrogens with one attached hydrogen (secondary N) is 1. The van der Waals surface area contributed by atoms with E-state index in [4.69, 9.17) is 0 Å². The smallest absolute Gasteiger partial charge is 0.0832 e. The molecule has 5 heteroatoms. The minimum atomic E-state index is 0.135. The Bertz CT molecular complexity index is 518. The fourth-order valence-corrected chi connectivity index (χ4v) is 2.93. The second kappa shape index (κ2) is 6.21. The molecule has 1 unspecified atom stereocenters. The summed E-state index contributed by atoms with van der Waals surface area (Å²) >= 11 is 1.47. The van der Waals surface area contributed by atoms with Crippen molar-refractivity contribution in [3.63, 3.8) is 0 Å². The standard InChI is InChI=1S/C14H20N4S/c1-5-15-13(11-7-6-10(4)16-8-11)14-12(9(2)3)17-18-19-14/h6-9,13,15H,5H2,1-4H3. The van der Waals surface area contributed by atoms with Crippen LogP contribution in [-0.2, 0) is 0 Å². The van der Waals surface area contributed by atoms with Crippen LogP contribution in [-0.4, -0.2) is 21.1 Å². The number of rotatable bonds is 5. The Morgan fingerprint density at radius 3 is 2.68 bits per heavy atom. The van der Waals surface area contributed by atoms with Crippen LogP contribution < -0.4 is 5.32 Å².